The highest BCUT2D eigenvalue weighted by atomic mass is 32.2. The predicted octanol–water partition coefficient (Wildman–Crippen LogP) is 1.92. The van der Waals surface area contributed by atoms with E-state index in [4.69, 9.17) is 0 Å². The first kappa shape index (κ1) is 16.5. The van der Waals surface area contributed by atoms with Crippen LogP contribution >= 0.6 is 0 Å². The van der Waals surface area contributed by atoms with Gasteiger partial charge in [-0.3, -0.25) is 0 Å². The largest absolute Gasteiger partial charge is 0.337 e. The van der Waals surface area contributed by atoms with Gasteiger partial charge in [-0.05, 0) is 25.7 Å². The lowest BCUT2D eigenvalue weighted by atomic mass is 10.2. The fourth-order valence-corrected chi connectivity index (χ4v) is 4.97. The second-order valence-electron chi connectivity index (χ2n) is 5.57. The van der Waals surface area contributed by atoms with Gasteiger partial charge in [0.25, 0.3) is 10.2 Å². The Bertz CT molecular complexity index is 549. The smallest absolute Gasteiger partial charge is 0.282 e. The summed E-state index contributed by atoms with van der Waals surface area (Å²) in [7, 11) is -1.49. The van der Waals surface area contributed by atoms with Crippen molar-refractivity contribution >= 4 is 10.2 Å². The number of aryl methyl sites for hydroxylation is 1. The van der Waals surface area contributed by atoms with E-state index < -0.39 is 10.2 Å². The lowest BCUT2D eigenvalue weighted by Crippen LogP contribution is -2.44. The van der Waals surface area contributed by atoms with E-state index in [-0.39, 0.29) is 6.04 Å². The Morgan fingerprint density at radius 1 is 1.33 bits per heavy atom. The van der Waals surface area contributed by atoms with Crippen molar-refractivity contribution in [2.75, 3.05) is 19.6 Å². The Kier molecular flexibility index (Phi) is 5.40. The van der Waals surface area contributed by atoms with Crippen LogP contribution in [0.1, 0.15) is 51.4 Å². The minimum Gasteiger partial charge on any atom is -0.337 e. The maximum atomic E-state index is 12.9. The first-order valence-electron chi connectivity index (χ1n) is 7.76. The van der Waals surface area contributed by atoms with Crippen LogP contribution < -0.4 is 0 Å². The van der Waals surface area contributed by atoms with Crippen LogP contribution in [0.15, 0.2) is 12.4 Å². The molecule has 21 heavy (non-hydrogen) atoms. The summed E-state index contributed by atoms with van der Waals surface area (Å²) < 4.78 is 31.1. The van der Waals surface area contributed by atoms with Crippen molar-refractivity contribution in [1.82, 2.24) is 18.2 Å². The van der Waals surface area contributed by atoms with Crippen molar-refractivity contribution in [3.63, 3.8) is 0 Å². The lowest BCUT2D eigenvalue weighted by molar-refractivity contribution is 0.317. The molecule has 0 spiro atoms. The highest BCUT2D eigenvalue weighted by molar-refractivity contribution is 7.86. The normalized spacial score (nSPS) is 20.5. The summed E-state index contributed by atoms with van der Waals surface area (Å²) in [5.74, 6) is 0.837. The van der Waals surface area contributed by atoms with Crippen molar-refractivity contribution in [2.45, 2.75) is 45.6 Å². The van der Waals surface area contributed by atoms with Crippen molar-refractivity contribution in [2.24, 2.45) is 7.05 Å². The van der Waals surface area contributed by atoms with Gasteiger partial charge in [-0.2, -0.15) is 17.0 Å². The highest BCUT2D eigenvalue weighted by Crippen LogP contribution is 2.34. The molecule has 1 unspecified atom stereocenters. The maximum Gasteiger partial charge on any atom is 0.282 e. The molecule has 0 N–H and O–H groups in total. The average molecular weight is 314 g/mol. The second kappa shape index (κ2) is 6.89. The van der Waals surface area contributed by atoms with Crippen LogP contribution in [0.4, 0.5) is 0 Å². The van der Waals surface area contributed by atoms with Crippen molar-refractivity contribution in [3.05, 3.63) is 18.2 Å². The van der Waals surface area contributed by atoms with Crippen LogP contribution in [0.2, 0.25) is 0 Å². The van der Waals surface area contributed by atoms with E-state index >= 15 is 0 Å². The molecule has 1 aliphatic rings. The summed E-state index contributed by atoms with van der Waals surface area (Å²) in [6.07, 6.45) is 7.00. The Hall–Kier alpha value is -0.920. The summed E-state index contributed by atoms with van der Waals surface area (Å²) in [5.41, 5.74) is 0. The molecule has 0 radical (unpaired) electrons. The fourth-order valence-electron chi connectivity index (χ4n) is 2.96. The van der Waals surface area contributed by atoms with Gasteiger partial charge in [-0.25, -0.2) is 4.98 Å². The monoisotopic (exact) mass is 314 g/mol. The predicted molar refractivity (Wildman–Crippen MR) is 83.0 cm³/mol. The topological polar surface area (TPSA) is 58.4 Å². The summed E-state index contributed by atoms with van der Waals surface area (Å²) in [4.78, 5) is 4.35. The molecule has 7 heteroatoms. The van der Waals surface area contributed by atoms with Gasteiger partial charge in [0.15, 0.2) is 0 Å². The molecule has 1 aromatic rings. The summed E-state index contributed by atoms with van der Waals surface area (Å²) in [6.45, 7) is 5.78. The van der Waals surface area contributed by atoms with E-state index in [2.05, 4.69) is 4.98 Å². The molecule has 1 fully saturated rings. The van der Waals surface area contributed by atoms with Crippen molar-refractivity contribution < 1.29 is 8.42 Å². The summed E-state index contributed by atoms with van der Waals surface area (Å²) in [5, 5.41) is 0. The number of hydrogen-bond donors (Lipinski definition) is 0. The van der Waals surface area contributed by atoms with Gasteiger partial charge < -0.3 is 4.57 Å². The zero-order chi connectivity index (χ0) is 15.5. The molecule has 0 bridgehead atoms. The van der Waals surface area contributed by atoms with E-state index in [1.165, 1.54) is 0 Å². The molecule has 1 aromatic heterocycles. The molecule has 0 saturated carbocycles. The SMILES string of the molecule is CCCN(CCC)S(=O)(=O)N1CCCC1c1nccn1C. The van der Waals surface area contributed by atoms with Gasteiger partial charge in [0, 0.05) is 39.1 Å². The van der Waals surface area contributed by atoms with Crippen LogP contribution in [0, 0.1) is 0 Å². The van der Waals surface area contributed by atoms with E-state index in [1.54, 1.807) is 14.8 Å². The molecule has 2 rings (SSSR count). The standard InChI is InChI=1S/C14H26N4O2S/c1-4-9-17(10-5-2)21(19,20)18-11-6-7-13(18)14-15-8-12-16(14)3/h8,12-13H,4-7,9-11H2,1-3H3. The molecule has 0 aromatic carbocycles. The van der Waals surface area contributed by atoms with Crippen molar-refractivity contribution in [3.8, 4) is 0 Å². The lowest BCUT2D eigenvalue weighted by Gasteiger charge is -2.30. The first-order valence-corrected chi connectivity index (χ1v) is 9.16. The third-order valence-corrected chi connectivity index (χ3v) is 5.98. The second-order valence-corrected chi connectivity index (χ2v) is 7.45. The third-order valence-electron chi connectivity index (χ3n) is 3.93. The van der Waals surface area contributed by atoms with E-state index in [1.807, 2.05) is 31.7 Å². The molecule has 1 atom stereocenters. The molecule has 120 valence electrons. The highest BCUT2D eigenvalue weighted by Gasteiger charge is 2.39. The van der Waals surface area contributed by atoms with Gasteiger partial charge in [0.05, 0.1) is 6.04 Å². The molecular formula is C14H26N4O2S. The van der Waals surface area contributed by atoms with Crippen LogP contribution in [-0.2, 0) is 17.3 Å². The molecular weight excluding hydrogens is 288 g/mol. The number of rotatable bonds is 7. The van der Waals surface area contributed by atoms with E-state index in [0.717, 1.165) is 31.5 Å². The minimum absolute atomic E-state index is 0.133. The number of imidazole rings is 1. The average Bonchev–Trinajstić information content (AvgIpc) is 3.06. The maximum absolute atomic E-state index is 12.9. The van der Waals surface area contributed by atoms with E-state index in [0.29, 0.717) is 19.6 Å². The van der Waals surface area contributed by atoms with Gasteiger partial charge in [-0.1, -0.05) is 13.8 Å². The first-order chi connectivity index (χ1) is 10.0. The minimum atomic E-state index is -3.40. The van der Waals surface area contributed by atoms with Crippen molar-refractivity contribution in [1.29, 1.82) is 0 Å². The molecule has 1 saturated heterocycles. The Morgan fingerprint density at radius 3 is 2.52 bits per heavy atom. The zero-order valence-corrected chi connectivity index (χ0v) is 14.0. The van der Waals surface area contributed by atoms with Gasteiger partial charge in [0.2, 0.25) is 0 Å². The Morgan fingerprint density at radius 2 is 2.00 bits per heavy atom. The Labute approximate surface area is 127 Å². The van der Waals surface area contributed by atoms with Gasteiger partial charge in [0.1, 0.15) is 5.82 Å². The molecule has 2 heterocycles. The van der Waals surface area contributed by atoms with Crippen LogP contribution in [0.5, 0.6) is 0 Å². The van der Waals surface area contributed by atoms with Gasteiger partial charge >= 0.3 is 0 Å². The van der Waals surface area contributed by atoms with Gasteiger partial charge in [-0.15, -0.1) is 0 Å². The molecule has 1 aliphatic heterocycles. The summed E-state index contributed by atoms with van der Waals surface area (Å²) >= 11 is 0. The van der Waals surface area contributed by atoms with Crippen LogP contribution in [-0.4, -0.2) is 46.2 Å². The van der Waals surface area contributed by atoms with Crippen LogP contribution in [0.3, 0.4) is 0 Å². The number of nitrogens with zero attached hydrogens (tertiary/aromatic N) is 4. The number of aromatic nitrogens is 2. The summed E-state index contributed by atoms with van der Waals surface area (Å²) in [6, 6.07) is -0.133. The third kappa shape index (κ3) is 3.30. The zero-order valence-electron chi connectivity index (χ0n) is 13.2. The molecule has 0 aliphatic carbocycles. The number of hydrogen-bond acceptors (Lipinski definition) is 3. The molecule has 0 amide bonds. The van der Waals surface area contributed by atoms with Crippen LogP contribution in [0.25, 0.3) is 0 Å². The van der Waals surface area contributed by atoms with E-state index in [9.17, 15) is 8.42 Å². The fraction of sp³-hybridized carbons (Fsp3) is 0.786. The quantitative estimate of drug-likeness (QED) is 0.772. The Balaban J connectivity index is 2.27. The molecule has 6 nitrogen and oxygen atoms in total.